The van der Waals surface area contributed by atoms with Crippen LogP contribution in [0.4, 0.5) is 0 Å². The van der Waals surface area contributed by atoms with Crippen molar-refractivity contribution in [2.24, 2.45) is 0 Å². The average Bonchev–Trinajstić information content (AvgIpc) is 2.99. The van der Waals surface area contributed by atoms with Crippen molar-refractivity contribution in [3.8, 4) is 34.5 Å². The van der Waals surface area contributed by atoms with Crippen molar-refractivity contribution in [2.75, 3.05) is 0 Å². The maximum absolute atomic E-state index is 13.9. The summed E-state index contributed by atoms with van der Waals surface area (Å²) in [6.07, 6.45) is 0. The minimum Gasteiger partial charge on any atom is -0.457 e. The van der Waals surface area contributed by atoms with Gasteiger partial charge in [0.25, 0.3) is 0 Å². The molecular formula is C40H42O7S. The number of carbonyl (C=O) groups is 2. The molecule has 0 fully saturated rings. The van der Waals surface area contributed by atoms with Crippen molar-refractivity contribution in [3.05, 3.63) is 117 Å². The van der Waals surface area contributed by atoms with E-state index in [0.717, 1.165) is 44.5 Å². The molecule has 0 aliphatic carbocycles. The van der Waals surface area contributed by atoms with Crippen LogP contribution in [-0.4, -0.2) is 16.1 Å². The van der Waals surface area contributed by atoms with Crippen LogP contribution in [-0.2, 0) is 20.4 Å². The molecule has 0 bridgehead atoms. The fourth-order valence-electron chi connectivity index (χ4n) is 5.35. The van der Waals surface area contributed by atoms with E-state index in [1.54, 1.807) is 13.8 Å². The Balaban J connectivity index is 1.56. The van der Waals surface area contributed by atoms with E-state index in [-0.39, 0.29) is 0 Å². The van der Waals surface area contributed by atoms with Gasteiger partial charge in [-0.15, -0.1) is 0 Å². The molecule has 0 atom stereocenters. The van der Waals surface area contributed by atoms with Crippen LogP contribution in [0.2, 0.25) is 0 Å². The molecule has 0 spiro atoms. The molecule has 7 nitrogen and oxygen atoms in total. The Hall–Kier alpha value is -4.95. The van der Waals surface area contributed by atoms with Crippen LogP contribution >= 0.6 is 0 Å². The fourth-order valence-corrected chi connectivity index (χ4v) is 6.76. The van der Waals surface area contributed by atoms with E-state index in [4.69, 9.17) is 18.9 Å². The first kappa shape index (κ1) is 35.9. The quantitative estimate of drug-likeness (QED) is 0.0946. The molecule has 4 aromatic rings. The summed E-state index contributed by atoms with van der Waals surface area (Å²) in [5, 5.41) is 0. The predicted molar refractivity (Wildman–Crippen MR) is 189 cm³/mol. The summed E-state index contributed by atoms with van der Waals surface area (Å²) in [4.78, 5) is 25.5. The van der Waals surface area contributed by atoms with Gasteiger partial charge in [0.05, 0.1) is 10.8 Å². The van der Waals surface area contributed by atoms with Crippen molar-refractivity contribution in [2.45, 2.75) is 79.0 Å². The second-order valence-corrected chi connectivity index (χ2v) is 13.8. The van der Waals surface area contributed by atoms with Gasteiger partial charge < -0.3 is 18.9 Å². The molecule has 4 rings (SSSR count). The highest BCUT2D eigenvalue weighted by Crippen LogP contribution is 2.38. The van der Waals surface area contributed by atoms with E-state index in [9.17, 15) is 13.8 Å². The average molecular weight is 667 g/mol. The molecule has 0 saturated carbocycles. The lowest BCUT2D eigenvalue weighted by Crippen LogP contribution is -2.10. The van der Waals surface area contributed by atoms with Gasteiger partial charge in [0.1, 0.15) is 34.5 Å². The summed E-state index contributed by atoms with van der Waals surface area (Å²) in [7, 11) is -1.46. The molecule has 4 aromatic carbocycles. The van der Waals surface area contributed by atoms with Gasteiger partial charge in [0.15, 0.2) is 0 Å². The van der Waals surface area contributed by atoms with E-state index < -0.39 is 22.7 Å². The van der Waals surface area contributed by atoms with Crippen molar-refractivity contribution in [1.82, 2.24) is 0 Å². The first-order valence-electron chi connectivity index (χ1n) is 15.4. The van der Waals surface area contributed by atoms with Crippen LogP contribution in [0.5, 0.6) is 34.5 Å². The van der Waals surface area contributed by atoms with Gasteiger partial charge in [-0.05, 0) is 162 Å². The molecule has 8 heteroatoms. The van der Waals surface area contributed by atoms with Gasteiger partial charge in [-0.2, -0.15) is 0 Å². The molecule has 0 saturated heterocycles. The highest BCUT2D eigenvalue weighted by atomic mass is 32.2. The highest BCUT2D eigenvalue weighted by molar-refractivity contribution is 7.85. The zero-order valence-corrected chi connectivity index (χ0v) is 30.1. The minimum atomic E-state index is -1.46. The van der Waals surface area contributed by atoms with Crippen LogP contribution in [0, 0.1) is 55.4 Å². The molecule has 0 unspecified atom stereocenters. The first-order valence-corrected chi connectivity index (χ1v) is 16.6. The van der Waals surface area contributed by atoms with Crippen LogP contribution in [0.15, 0.2) is 82.6 Å². The Kier molecular flexibility index (Phi) is 10.8. The number of carbonyl (C=O) groups excluding carboxylic acids is 2. The first-order chi connectivity index (χ1) is 22.5. The summed E-state index contributed by atoms with van der Waals surface area (Å²) in [6, 6.07) is 14.8. The third-order valence-electron chi connectivity index (χ3n) is 7.69. The number of hydrogen-bond donors (Lipinski definition) is 0. The second kappa shape index (κ2) is 14.4. The van der Waals surface area contributed by atoms with Gasteiger partial charge in [-0.3, -0.25) is 0 Å². The molecule has 0 aromatic heterocycles. The van der Waals surface area contributed by atoms with E-state index >= 15 is 0 Å². The standard InChI is InChI=1S/C40H42O7S/c1-21(2)39(41)46-37-23(5)13-31(14-24(37)6)44-35-27(9)17-33(18-28(35)10)48(43)34-19-29(11)36(30(12)20-34)45-32-15-25(7)38(26(8)16-32)47-40(42)22(3)4/h13-20H,1,3H2,2,4-12H3. The number of aryl methyl sites for hydroxylation is 8. The Bertz CT molecular complexity index is 1780. The second-order valence-electron chi connectivity index (χ2n) is 12.4. The summed E-state index contributed by atoms with van der Waals surface area (Å²) >= 11 is 0. The number of hydrogen-bond acceptors (Lipinski definition) is 7. The van der Waals surface area contributed by atoms with E-state index in [1.165, 1.54) is 0 Å². The molecule has 250 valence electrons. The monoisotopic (exact) mass is 666 g/mol. The third kappa shape index (κ3) is 7.94. The predicted octanol–water partition coefficient (Wildman–Crippen LogP) is 9.87. The fraction of sp³-hybridized carbons (Fsp3) is 0.250. The summed E-state index contributed by atoms with van der Waals surface area (Å²) in [5.74, 6) is 2.58. The summed E-state index contributed by atoms with van der Waals surface area (Å²) < 4.78 is 37.5. The van der Waals surface area contributed by atoms with Crippen molar-refractivity contribution in [3.63, 3.8) is 0 Å². The Morgan fingerprint density at radius 2 is 0.729 bits per heavy atom. The molecule has 0 N–H and O–H groups in total. The SMILES string of the molecule is C=C(C)C(=O)Oc1c(C)cc(Oc2c(C)cc(S(=O)c3cc(C)c(Oc4cc(C)c(OC(=O)C(=C)C)c(C)c4)c(C)c3)cc2C)cc1C. The van der Waals surface area contributed by atoms with Gasteiger partial charge in [0, 0.05) is 20.9 Å². The molecule has 0 aliphatic heterocycles. The zero-order chi connectivity index (χ0) is 35.6. The lowest BCUT2D eigenvalue weighted by atomic mass is 10.1. The van der Waals surface area contributed by atoms with Gasteiger partial charge >= 0.3 is 11.9 Å². The third-order valence-corrected chi connectivity index (χ3v) is 9.02. The van der Waals surface area contributed by atoms with E-state index in [1.807, 2.05) is 104 Å². The maximum atomic E-state index is 13.9. The Morgan fingerprint density at radius 3 is 0.979 bits per heavy atom. The van der Waals surface area contributed by atoms with E-state index in [0.29, 0.717) is 55.4 Å². The largest absolute Gasteiger partial charge is 0.457 e. The Labute approximate surface area is 285 Å². The normalized spacial score (nSPS) is 10.9. The van der Waals surface area contributed by atoms with Gasteiger partial charge in [-0.1, -0.05) is 13.2 Å². The molecular weight excluding hydrogens is 625 g/mol. The maximum Gasteiger partial charge on any atom is 0.338 e. The molecule has 0 radical (unpaired) electrons. The van der Waals surface area contributed by atoms with Crippen LogP contribution < -0.4 is 18.9 Å². The lowest BCUT2D eigenvalue weighted by molar-refractivity contribution is -0.131. The van der Waals surface area contributed by atoms with Crippen molar-refractivity contribution in [1.29, 1.82) is 0 Å². The highest BCUT2D eigenvalue weighted by Gasteiger charge is 2.19. The molecule has 0 heterocycles. The summed E-state index contributed by atoms with van der Waals surface area (Å²) in [5.41, 5.74) is 7.04. The van der Waals surface area contributed by atoms with Crippen LogP contribution in [0.3, 0.4) is 0 Å². The van der Waals surface area contributed by atoms with Crippen molar-refractivity contribution >= 4 is 22.7 Å². The van der Waals surface area contributed by atoms with Gasteiger partial charge in [0.2, 0.25) is 0 Å². The molecule has 48 heavy (non-hydrogen) atoms. The molecule has 0 amide bonds. The van der Waals surface area contributed by atoms with Crippen LogP contribution in [0.1, 0.15) is 58.4 Å². The number of esters is 2. The molecule has 0 aliphatic rings. The topological polar surface area (TPSA) is 88.1 Å². The number of ether oxygens (including phenoxy) is 4. The summed E-state index contributed by atoms with van der Waals surface area (Å²) in [6.45, 7) is 25.6. The number of rotatable bonds is 10. The Morgan fingerprint density at radius 1 is 0.479 bits per heavy atom. The van der Waals surface area contributed by atoms with E-state index in [2.05, 4.69) is 13.2 Å². The van der Waals surface area contributed by atoms with Gasteiger partial charge in [-0.25, -0.2) is 13.8 Å². The van der Waals surface area contributed by atoms with Crippen LogP contribution in [0.25, 0.3) is 0 Å². The number of benzene rings is 4. The lowest BCUT2D eigenvalue weighted by Gasteiger charge is -2.18. The minimum absolute atomic E-state index is 0.324. The van der Waals surface area contributed by atoms with Crippen molar-refractivity contribution < 1.29 is 32.7 Å². The zero-order valence-electron chi connectivity index (χ0n) is 29.3. The smallest absolute Gasteiger partial charge is 0.338 e.